The molecule has 6 nitrogen and oxygen atoms in total. The van der Waals surface area contributed by atoms with Crippen LogP contribution in [0.3, 0.4) is 0 Å². The second kappa shape index (κ2) is 8.77. The molecule has 0 fully saturated rings. The van der Waals surface area contributed by atoms with E-state index in [0.717, 1.165) is 0 Å². The fraction of sp³-hybridized carbons (Fsp3) is 0.0952. The van der Waals surface area contributed by atoms with Gasteiger partial charge in [0.2, 0.25) is 5.88 Å². The zero-order valence-electron chi connectivity index (χ0n) is 15.1. The van der Waals surface area contributed by atoms with Gasteiger partial charge in [0.25, 0.3) is 11.8 Å². The highest BCUT2D eigenvalue weighted by atomic mass is 19.1. The quantitative estimate of drug-likeness (QED) is 0.675. The number of carbonyl (C=O) groups is 2. The summed E-state index contributed by atoms with van der Waals surface area (Å²) in [5.74, 6) is -0.851. The molecule has 0 aliphatic heterocycles. The van der Waals surface area contributed by atoms with Gasteiger partial charge in [-0.25, -0.2) is 9.37 Å². The van der Waals surface area contributed by atoms with Crippen LogP contribution in [0.15, 0.2) is 66.9 Å². The van der Waals surface area contributed by atoms with E-state index >= 15 is 0 Å². The number of nitrogens with zero attached hydrogens (tertiary/aromatic N) is 1. The first-order valence-electron chi connectivity index (χ1n) is 8.62. The van der Waals surface area contributed by atoms with E-state index in [1.807, 2.05) is 6.92 Å². The van der Waals surface area contributed by atoms with E-state index in [9.17, 15) is 14.0 Å². The molecule has 1 aromatic heterocycles. The summed E-state index contributed by atoms with van der Waals surface area (Å²) >= 11 is 0. The number of aromatic nitrogens is 1. The van der Waals surface area contributed by atoms with E-state index in [2.05, 4.69) is 15.6 Å². The van der Waals surface area contributed by atoms with Crippen LogP contribution in [0.1, 0.15) is 27.6 Å². The molecule has 0 unspecified atom stereocenters. The molecule has 3 rings (SSSR count). The number of nitrogens with one attached hydrogen (secondary N) is 2. The van der Waals surface area contributed by atoms with E-state index in [-0.39, 0.29) is 5.91 Å². The topological polar surface area (TPSA) is 80.3 Å². The maximum absolute atomic E-state index is 13.3. The molecule has 0 saturated carbocycles. The van der Waals surface area contributed by atoms with Gasteiger partial charge < -0.3 is 15.4 Å². The van der Waals surface area contributed by atoms with E-state index in [0.29, 0.717) is 35.0 Å². The lowest BCUT2D eigenvalue weighted by Gasteiger charge is -2.09. The summed E-state index contributed by atoms with van der Waals surface area (Å²) in [6, 6.07) is 15.2. The lowest BCUT2D eigenvalue weighted by molar-refractivity contribution is 0.101. The normalized spacial score (nSPS) is 10.2. The van der Waals surface area contributed by atoms with Crippen molar-refractivity contribution in [2.24, 2.45) is 0 Å². The number of halogens is 1. The molecule has 142 valence electrons. The van der Waals surface area contributed by atoms with Crippen molar-refractivity contribution in [2.75, 3.05) is 17.2 Å². The third-order valence-corrected chi connectivity index (χ3v) is 3.75. The minimum absolute atomic E-state index is 0.326. The number of anilines is 2. The van der Waals surface area contributed by atoms with Crippen LogP contribution >= 0.6 is 0 Å². The smallest absolute Gasteiger partial charge is 0.255 e. The van der Waals surface area contributed by atoms with Crippen molar-refractivity contribution in [2.45, 2.75) is 6.92 Å². The minimum atomic E-state index is -0.442. The molecule has 28 heavy (non-hydrogen) atoms. The van der Waals surface area contributed by atoms with Gasteiger partial charge in [0.1, 0.15) is 5.82 Å². The summed E-state index contributed by atoms with van der Waals surface area (Å²) < 4.78 is 18.5. The molecule has 2 amide bonds. The van der Waals surface area contributed by atoms with E-state index in [1.54, 1.807) is 36.4 Å². The molecule has 3 aromatic rings. The first kappa shape index (κ1) is 19.0. The van der Waals surface area contributed by atoms with Crippen LogP contribution in [0.4, 0.5) is 15.8 Å². The van der Waals surface area contributed by atoms with Gasteiger partial charge in [0, 0.05) is 34.8 Å². The summed E-state index contributed by atoms with van der Waals surface area (Å²) in [5, 5.41) is 5.35. The average Bonchev–Trinajstić information content (AvgIpc) is 2.69. The number of carbonyl (C=O) groups excluding carboxylic acids is 2. The van der Waals surface area contributed by atoms with Gasteiger partial charge in [0.15, 0.2) is 0 Å². The van der Waals surface area contributed by atoms with Gasteiger partial charge >= 0.3 is 0 Å². The standard InChI is InChI=1S/C21H18FN3O3/c1-2-28-19-12-15(9-10-23-19)21(27)24-17-7-3-5-14(11-17)20(26)25-18-8-4-6-16(22)13-18/h3-13H,2H2,1H3,(H,24,27)(H,25,26). The zero-order valence-corrected chi connectivity index (χ0v) is 15.1. The van der Waals surface area contributed by atoms with Gasteiger partial charge in [0.05, 0.1) is 6.61 Å². The Morgan fingerprint density at radius 1 is 0.929 bits per heavy atom. The molecule has 7 heteroatoms. The Morgan fingerprint density at radius 2 is 1.57 bits per heavy atom. The first-order chi connectivity index (χ1) is 13.5. The number of amides is 2. The van der Waals surface area contributed by atoms with Crippen LogP contribution in [0.5, 0.6) is 5.88 Å². The molecule has 0 bridgehead atoms. The SMILES string of the molecule is CCOc1cc(C(=O)Nc2cccc(C(=O)Nc3cccc(F)c3)c2)ccn1. The van der Waals surface area contributed by atoms with Gasteiger partial charge in [-0.2, -0.15) is 0 Å². The summed E-state index contributed by atoms with van der Waals surface area (Å²) in [5.41, 5.74) is 1.51. The van der Waals surface area contributed by atoms with Gasteiger partial charge in [-0.05, 0) is 49.4 Å². The Balaban J connectivity index is 1.71. The van der Waals surface area contributed by atoms with E-state index in [1.165, 1.54) is 30.5 Å². The third-order valence-electron chi connectivity index (χ3n) is 3.75. The molecule has 0 spiro atoms. The lowest BCUT2D eigenvalue weighted by Crippen LogP contribution is -2.15. The van der Waals surface area contributed by atoms with Crippen LogP contribution in [-0.4, -0.2) is 23.4 Å². The first-order valence-corrected chi connectivity index (χ1v) is 8.62. The van der Waals surface area contributed by atoms with E-state index < -0.39 is 11.7 Å². The maximum Gasteiger partial charge on any atom is 0.255 e. The average molecular weight is 379 g/mol. The van der Waals surface area contributed by atoms with Gasteiger partial charge in [-0.1, -0.05) is 12.1 Å². The molecule has 0 saturated heterocycles. The summed E-state index contributed by atoms with van der Waals surface area (Å²) in [6.45, 7) is 2.27. The van der Waals surface area contributed by atoms with Crippen LogP contribution in [0, 0.1) is 5.82 Å². The zero-order chi connectivity index (χ0) is 19.9. The van der Waals surface area contributed by atoms with Crippen molar-refractivity contribution < 1.29 is 18.7 Å². The summed E-state index contributed by atoms with van der Waals surface area (Å²) in [6.07, 6.45) is 1.49. The molecule has 0 aliphatic rings. The highest BCUT2D eigenvalue weighted by Crippen LogP contribution is 2.16. The highest BCUT2D eigenvalue weighted by molar-refractivity contribution is 6.07. The van der Waals surface area contributed by atoms with Crippen molar-refractivity contribution in [1.82, 2.24) is 4.98 Å². The molecule has 0 atom stereocenters. The molecular weight excluding hydrogens is 361 g/mol. The van der Waals surface area contributed by atoms with Crippen LogP contribution in [-0.2, 0) is 0 Å². The highest BCUT2D eigenvalue weighted by Gasteiger charge is 2.11. The minimum Gasteiger partial charge on any atom is -0.478 e. The van der Waals surface area contributed by atoms with E-state index in [4.69, 9.17) is 4.74 Å². The lowest BCUT2D eigenvalue weighted by atomic mass is 10.1. The van der Waals surface area contributed by atoms with Crippen molar-refractivity contribution in [1.29, 1.82) is 0 Å². The molecule has 2 N–H and O–H groups in total. The summed E-state index contributed by atoms with van der Waals surface area (Å²) in [4.78, 5) is 28.8. The Hall–Kier alpha value is -3.74. The van der Waals surface area contributed by atoms with Crippen molar-refractivity contribution in [3.05, 3.63) is 83.8 Å². The predicted molar refractivity (Wildman–Crippen MR) is 104 cm³/mol. The Kier molecular flexibility index (Phi) is 5.96. The van der Waals surface area contributed by atoms with Crippen LogP contribution < -0.4 is 15.4 Å². The third kappa shape index (κ3) is 4.91. The maximum atomic E-state index is 13.3. The number of hydrogen-bond donors (Lipinski definition) is 2. The Labute approximate surface area is 161 Å². The second-order valence-electron chi connectivity index (χ2n) is 5.82. The molecular formula is C21H18FN3O3. The second-order valence-corrected chi connectivity index (χ2v) is 5.82. The van der Waals surface area contributed by atoms with Gasteiger partial charge in [-0.3, -0.25) is 9.59 Å². The number of hydrogen-bond acceptors (Lipinski definition) is 4. The van der Waals surface area contributed by atoms with Crippen molar-refractivity contribution >= 4 is 23.2 Å². The monoisotopic (exact) mass is 379 g/mol. The number of rotatable bonds is 6. The van der Waals surface area contributed by atoms with Gasteiger partial charge in [-0.15, -0.1) is 0 Å². The van der Waals surface area contributed by atoms with Crippen LogP contribution in [0.25, 0.3) is 0 Å². The molecule has 1 heterocycles. The number of ether oxygens (including phenoxy) is 1. The fourth-order valence-corrected chi connectivity index (χ4v) is 2.49. The predicted octanol–water partition coefficient (Wildman–Crippen LogP) is 4.12. The summed E-state index contributed by atoms with van der Waals surface area (Å²) in [7, 11) is 0. The Bertz CT molecular complexity index is 1010. The largest absolute Gasteiger partial charge is 0.478 e. The molecule has 2 aromatic carbocycles. The number of pyridine rings is 1. The molecule has 0 aliphatic carbocycles. The van der Waals surface area contributed by atoms with Crippen molar-refractivity contribution in [3.8, 4) is 5.88 Å². The number of benzene rings is 2. The molecule has 0 radical (unpaired) electrons. The fourth-order valence-electron chi connectivity index (χ4n) is 2.49. The van der Waals surface area contributed by atoms with Crippen LogP contribution in [0.2, 0.25) is 0 Å². The Morgan fingerprint density at radius 3 is 2.25 bits per heavy atom. The van der Waals surface area contributed by atoms with Crippen molar-refractivity contribution in [3.63, 3.8) is 0 Å².